The highest BCUT2D eigenvalue weighted by Gasteiger charge is 2.17. The molecule has 1 amide bonds. The minimum absolute atomic E-state index is 0.0838. The SMILES string of the molecule is CCc1nc2cc(NC(=O)CC3CCNCC3)ccc2o1. The number of carbonyl (C=O) groups excluding carboxylic acids is 1. The number of piperidine rings is 1. The molecule has 112 valence electrons. The van der Waals surface area contributed by atoms with Gasteiger partial charge >= 0.3 is 0 Å². The molecule has 0 spiro atoms. The van der Waals surface area contributed by atoms with Crippen molar-refractivity contribution in [3.8, 4) is 0 Å². The Morgan fingerprint density at radius 2 is 2.24 bits per heavy atom. The highest BCUT2D eigenvalue weighted by atomic mass is 16.3. The van der Waals surface area contributed by atoms with E-state index in [4.69, 9.17) is 4.42 Å². The number of carbonyl (C=O) groups is 1. The maximum atomic E-state index is 12.1. The van der Waals surface area contributed by atoms with Gasteiger partial charge in [0.1, 0.15) is 5.52 Å². The van der Waals surface area contributed by atoms with Gasteiger partial charge in [0, 0.05) is 18.5 Å². The molecule has 2 heterocycles. The van der Waals surface area contributed by atoms with E-state index in [2.05, 4.69) is 15.6 Å². The Bertz CT molecular complexity index is 629. The monoisotopic (exact) mass is 287 g/mol. The van der Waals surface area contributed by atoms with Crippen molar-refractivity contribution in [3.63, 3.8) is 0 Å². The molecule has 0 aliphatic carbocycles. The molecule has 1 aliphatic rings. The van der Waals surface area contributed by atoms with Gasteiger partial charge in [0.15, 0.2) is 11.5 Å². The van der Waals surface area contributed by atoms with Crippen LogP contribution < -0.4 is 10.6 Å². The number of nitrogens with one attached hydrogen (secondary N) is 2. The molecule has 0 bridgehead atoms. The Morgan fingerprint density at radius 1 is 1.43 bits per heavy atom. The smallest absolute Gasteiger partial charge is 0.224 e. The fourth-order valence-electron chi connectivity index (χ4n) is 2.76. The van der Waals surface area contributed by atoms with E-state index in [0.717, 1.165) is 55.0 Å². The summed E-state index contributed by atoms with van der Waals surface area (Å²) in [5.74, 6) is 1.30. The number of aromatic nitrogens is 1. The third kappa shape index (κ3) is 3.42. The maximum absolute atomic E-state index is 12.1. The number of hydrogen-bond acceptors (Lipinski definition) is 4. The molecule has 0 saturated carbocycles. The highest BCUT2D eigenvalue weighted by Crippen LogP contribution is 2.21. The number of anilines is 1. The Balaban J connectivity index is 1.64. The number of amides is 1. The van der Waals surface area contributed by atoms with Crippen LogP contribution in [0.4, 0.5) is 5.69 Å². The summed E-state index contributed by atoms with van der Waals surface area (Å²) >= 11 is 0. The van der Waals surface area contributed by atoms with E-state index >= 15 is 0 Å². The largest absolute Gasteiger partial charge is 0.441 e. The zero-order valence-corrected chi connectivity index (χ0v) is 12.3. The van der Waals surface area contributed by atoms with Gasteiger partial charge in [-0.05, 0) is 50.0 Å². The number of aryl methyl sites for hydroxylation is 1. The molecule has 0 radical (unpaired) electrons. The summed E-state index contributed by atoms with van der Waals surface area (Å²) in [6, 6.07) is 5.60. The fraction of sp³-hybridized carbons (Fsp3) is 0.500. The van der Waals surface area contributed by atoms with Gasteiger partial charge in [-0.15, -0.1) is 0 Å². The molecule has 1 aromatic heterocycles. The number of nitrogens with zero attached hydrogens (tertiary/aromatic N) is 1. The molecule has 1 aliphatic heterocycles. The second-order valence-corrected chi connectivity index (χ2v) is 5.59. The number of fused-ring (bicyclic) bond motifs is 1. The first-order valence-electron chi connectivity index (χ1n) is 7.64. The molecular weight excluding hydrogens is 266 g/mol. The number of rotatable bonds is 4. The van der Waals surface area contributed by atoms with E-state index in [-0.39, 0.29) is 5.91 Å². The van der Waals surface area contributed by atoms with Crippen LogP contribution in [0.25, 0.3) is 11.1 Å². The topological polar surface area (TPSA) is 67.2 Å². The standard InChI is InChI=1S/C16H21N3O2/c1-2-16-19-13-10-12(3-4-14(13)21-16)18-15(20)9-11-5-7-17-8-6-11/h3-4,10-11,17H,2,5-9H2,1H3,(H,18,20). The Kier molecular flexibility index (Phi) is 4.20. The van der Waals surface area contributed by atoms with Crippen molar-refractivity contribution in [2.75, 3.05) is 18.4 Å². The normalized spacial score (nSPS) is 16.2. The summed E-state index contributed by atoms with van der Waals surface area (Å²) in [6.45, 7) is 4.04. The minimum atomic E-state index is 0.0838. The molecule has 3 rings (SSSR count). The van der Waals surface area contributed by atoms with Gasteiger partial charge in [0.2, 0.25) is 5.91 Å². The van der Waals surface area contributed by atoms with Gasteiger partial charge in [0.25, 0.3) is 0 Å². The molecule has 1 saturated heterocycles. The van der Waals surface area contributed by atoms with Gasteiger partial charge in [-0.25, -0.2) is 4.98 Å². The molecule has 1 fully saturated rings. The fourth-order valence-corrected chi connectivity index (χ4v) is 2.76. The van der Waals surface area contributed by atoms with Crippen LogP contribution in [0.2, 0.25) is 0 Å². The Hall–Kier alpha value is -1.88. The van der Waals surface area contributed by atoms with Crippen LogP contribution in [-0.2, 0) is 11.2 Å². The van der Waals surface area contributed by atoms with Crippen molar-refractivity contribution in [2.24, 2.45) is 5.92 Å². The predicted molar refractivity (Wildman–Crippen MR) is 82.2 cm³/mol. The van der Waals surface area contributed by atoms with Gasteiger partial charge in [-0.3, -0.25) is 4.79 Å². The van der Waals surface area contributed by atoms with Crippen LogP contribution in [0.15, 0.2) is 22.6 Å². The van der Waals surface area contributed by atoms with Crippen LogP contribution in [-0.4, -0.2) is 24.0 Å². The number of hydrogen-bond donors (Lipinski definition) is 2. The lowest BCUT2D eigenvalue weighted by Crippen LogP contribution is -2.30. The number of oxazole rings is 1. The quantitative estimate of drug-likeness (QED) is 0.907. The first kappa shape index (κ1) is 14.1. The van der Waals surface area contributed by atoms with Crippen molar-refractivity contribution >= 4 is 22.7 Å². The average molecular weight is 287 g/mol. The third-order valence-corrected chi connectivity index (χ3v) is 3.95. The maximum Gasteiger partial charge on any atom is 0.224 e. The van der Waals surface area contributed by atoms with Crippen molar-refractivity contribution in [2.45, 2.75) is 32.6 Å². The highest BCUT2D eigenvalue weighted by molar-refractivity contribution is 5.92. The molecule has 5 nitrogen and oxygen atoms in total. The van der Waals surface area contributed by atoms with Crippen molar-refractivity contribution in [1.29, 1.82) is 0 Å². The van der Waals surface area contributed by atoms with Crippen LogP contribution >= 0.6 is 0 Å². The van der Waals surface area contributed by atoms with Crippen LogP contribution in [0.1, 0.15) is 32.1 Å². The lowest BCUT2D eigenvalue weighted by atomic mass is 9.94. The van der Waals surface area contributed by atoms with Crippen molar-refractivity contribution in [1.82, 2.24) is 10.3 Å². The van der Waals surface area contributed by atoms with Crippen molar-refractivity contribution in [3.05, 3.63) is 24.1 Å². The van der Waals surface area contributed by atoms with E-state index in [1.54, 1.807) is 0 Å². The summed E-state index contributed by atoms with van der Waals surface area (Å²) in [6.07, 6.45) is 3.52. The molecule has 2 N–H and O–H groups in total. The van der Waals surface area contributed by atoms with Crippen LogP contribution in [0, 0.1) is 5.92 Å². The third-order valence-electron chi connectivity index (χ3n) is 3.95. The molecule has 5 heteroatoms. The molecular formula is C16H21N3O2. The molecule has 0 atom stereocenters. The average Bonchev–Trinajstić information content (AvgIpc) is 2.90. The molecule has 0 unspecified atom stereocenters. The summed E-state index contributed by atoms with van der Waals surface area (Å²) < 4.78 is 5.57. The Morgan fingerprint density at radius 3 is 3.00 bits per heavy atom. The molecule has 2 aromatic rings. The van der Waals surface area contributed by atoms with Gasteiger partial charge < -0.3 is 15.1 Å². The second-order valence-electron chi connectivity index (χ2n) is 5.59. The van der Waals surface area contributed by atoms with Crippen LogP contribution in [0.3, 0.4) is 0 Å². The second kappa shape index (κ2) is 6.26. The summed E-state index contributed by atoms with van der Waals surface area (Å²) in [5.41, 5.74) is 2.35. The lowest BCUT2D eigenvalue weighted by molar-refractivity contribution is -0.117. The zero-order valence-electron chi connectivity index (χ0n) is 12.3. The minimum Gasteiger partial charge on any atom is -0.441 e. The van der Waals surface area contributed by atoms with E-state index in [1.807, 2.05) is 25.1 Å². The summed E-state index contributed by atoms with van der Waals surface area (Å²) in [5, 5.41) is 6.28. The zero-order chi connectivity index (χ0) is 14.7. The lowest BCUT2D eigenvalue weighted by Gasteiger charge is -2.21. The van der Waals surface area contributed by atoms with E-state index < -0.39 is 0 Å². The summed E-state index contributed by atoms with van der Waals surface area (Å²) in [7, 11) is 0. The Labute approximate surface area is 124 Å². The van der Waals surface area contributed by atoms with E-state index in [0.29, 0.717) is 12.3 Å². The van der Waals surface area contributed by atoms with Crippen LogP contribution in [0.5, 0.6) is 0 Å². The van der Waals surface area contributed by atoms with E-state index in [1.165, 1.54) is 0 Å². The van der Waals surface area contributed by atoms with Gasteiger partial charge in [0.05, 0.1) is 0 Å². The molecule has 1 aromatic carbocycles. The molecule has 21 heavy (non-hydrogen) atoms. The van der Waals surface area contributed by atoms with E-state index in [9.17, 15) is 4.79 Å². The first-order valence-corrected chi connectivity index (χ1v) is 7.64. The summed E-state index contributed by atoms with van der Waals surface area (Å²) in [4.78, 5) is 16.5. The first-order chi connectivity index (χ1) is 10.2. The van der Waals surface area contributed by atoms with Crippen molar-refractivity contribution < 1.29 is 9.21 Å². The predicted octanol–water partition coefficient (Wildman–Crippen LogP) is 2.72. The van der Waals surface area contributed by atoms with Gasteiger partial charge in [-0.1, -0.05) is 6.92 Å². The van der Waals surface area contributed by atoms with Gasteiger partial charge in [-0.2, -0.15) is 0 Å². The number of benzene rings is 1.